The van der Waals surface area contributed by atoms with Gasteiger partial charge in [0.05, 0.1) is 64.0 Å². The molecule has 14 aromatic heterocycles. The topological polar surface area (TPSA) is 318 Å². The fraction of sp³-hybridized carbons (Fsp3) is 0.333. The van der Waals surface area contributed by atoms with Crippen molar-refractivity contribution in [3.8, 4) is 62.0 Å². The van der Waals surface area contributed by atoms with Crippen LogP contribution in [0, 0.1) is 68.6 Å². The molecule has 0 N–H and O–H groups in total. The molecule has 0 spiro atoms. The van der Waals surface area contributed by atoms with E-state index in [9.17, 15) is 45.9 Å². The van der Waals surface area contributed by atoms with Crippen LogP contribution in [0.5, 0.6) is 5.75 Å². The van der Waals surface area contributed by atoms with Crippen LogP contribution < -0.4 is 57.0 Å². The molecule has 772 valence electrons. The Balaban J connectivity index is 0.000000109. The van der Waals surface area contributed by atoms with Gasteiger partial charge in [-0.3, -0.25) is 50.9 Å². The second-order valence-electron chi connectivity index (χ2n) is 39.1. The molecule has 0 bridgehead atoms. The number of aryl methyl sites for hydroxylation is 4. The van der Waals surface area contributed by atoms with Gasteiger partial charge in [-0.05, 0) is 186 Å². The standard InChI is InChI=1S/C23H24FN5O2.C23H25FN4O2.2C22H22FN5O2.C21H20FN5O2/c1-3-6-27-7-9-28(10-8-27)17-4-5-21-26-19(13-22(30)29(21)14-17)16-11-18(24)23-20(12-16)31-15(2)25-23;1-3-26-10-16-12-27(13-17(16)11-26)18-5-7-22-25-20(9-23(29)28(22)14-18)15-4-6-21(30-2)19(24)8-15;1-13-11-27(7-6-26(13)3)16-4-5-20-25-18(10-21(29)28(20)12-16)15-8-17(23)22-19(9-15)30-14(2)24-22;1-3-26-6-8-27(9-7-26)16-4-5-20-25-18(12-21(29)28(20)13-16)15-10-17(23)22-19(11-15)30-14(2)24-22;1-13-23-21-16(22)9-14(10-18(21)29-13)17-11-20(28)27-12-15(3-4-19(27)24-17)26-7-5-25(2)6-8-26/h4-5,11-14H,3,6-10H2,1-2H3;4-9,14,16-17H,3,10-13H2,1-2H3;4-5,8-10,12-13H,6-7,11H2,1-3H3;4-5,10-13H,3,6-9H2,1-2H3;3-4,9-12H,5-8H2,1-2H3/t;16-,17+;13-;;/m..0../s1. The highest BCUT2D eigenvalue weighted by atomic mass is 19.1. The van der Waals surface area contributed by atoms with E-state index in [1.54, 1.807) is 77.3 Å². The van der Waals surface area contributed by atoms with E-state index < -0.39 is 29.1 Å². The number of anilines is 5. The molecule has 0 aliphatic carbocycles. The summed E-state index contributed by atoms with van der Waals surface area (Å²) >= 11 is 0. The lowest BCUT2D eigenvalue weighted by Crippen LogP contribution is -2.50. The molecular formula is C111H113F5N24O10. The minimum atomic E-state index is -0.499. The van der Waals surface area contributed by atoms with Crippen LogP contribution in [0.4, 0.5) is 50.4 Å². The molecule has 19 aromatic rings. The summed E-state index contributed by atoms with van der Waals surface area (Å²) in [5, 5.41) is 0. The number of aromatic nitrogens is 14. The highest BCUT2D eigenvalue weighted by Gasteiger charge is 2.40. The third-order valence-electron chi connectivity index (χ3n) is 29.1. The number of benzene rings is 5. The Morgan fingerprint density at radius 1 is 0.313 bits per heavy atom. The zero-order valence-corrected chi connectivity index (χ0v) is 85.1. The Kier molecular flexibility index (Phi) is 28.0. The van der Waals surface area contributed by atoms with Gasteiger partial charge in [-0.1, -0.05) is 20.8 Å². The van der Waals surface area contributed by atoms with E-state index in [4.69, 9.17) is 22.4 Å². The number of halogens is 5. The lowest BCUT2D eigenvalue weighted by Gasteiger charge is -2.39. The van der Waals surface area contributed by atoms with Crippen LogP contribution in [0.3, 0.4) is 0 Å². The van der Waals surface area contributed by atoms with E-state index in [1.165, 1.54) is 76.6 Å². The lowest BCUT2D eigenvalue weighted by molar-refractivity contribution is 0.234. The van der Waals surface area contributed by atoms with Gasteiger partial charge in [0.25, 0.3) is 27.8 Å². The number of pyridine rings is 5. The summed E-state index contributed by atoms with van der Waals surface area (Å²) in [6.07, 6.45) is 10.4. The van der Waals surface area contributed by atoms with Crippen LogP contribution in [0.15, 0.2) is 230 Å². The number of nitrogens with zero attached hydrogens (tertiary/aromatic N) is 24. The first-order valence-corrected chi connectivity index (χ1v) is 50.6. The SMILES string of the molecule is CCCN1CCN(c2ccc3nc(-c4cc(F)c5nc(C)oc5c4)cc(=O)n3c2)CC1.CCN1CCN(c2ccc3nc(-c4cc(F)c5nc(C)oc5c4)cc(=O)n3c2)CC1.CCN1C[C@@H]2CN(c3ccc4nc(-c5ccc(OC)c(F)c5)cc(=O)n4c3)C[C@@H]2C1.Cc1nc2c(F)cc(-c3cc(=O)n4cc(N5CCN(C)CC5)ccc4n3)cc2o1.Cc1nc2c(F)cc(-c3cc(=O)n4cc(N5CCN(C)[C@@H](C)C5)ccc4n3)cc2o1. The van der Waals surface area contributed by atoms with Crippen LogP contribution in [0.25, 0.3) is 129 Å². The first-order chi connectivity index (χ1) is 72.4. The van der Waals surface area contributed by atoms with Crippen LogP contribution >= 0.6 is 0 Å². The zero-order chi connectivity index (χ0) is 104. The van der Waals surface area contributed by atoms with Gasteiger partial charge in [0.1, 0.15) is 50.3 Å². The molecule has 0 amide bonds. The molecule has 5 aromatic carbocycles. The largest absolute Gasteiger partial charge is 0.494 e. The van der Waals surface area contributed by atoms with Crippen molar-refractivity contribution in [3.05, 3.63) is 293 Å². The van der Waals surface area contributed by atoms with Gasteiger partial charge >= 0.3 is 0 Å². The number of ether oxygens (including phenoxy) is 1. The predicted molar refractivity (Wildman–Crippen MR) is 569 cm³/mol. The van der Waals surface area contributed by atoms with Crippen molar-refractivity contribution in [1.82, 2.24) is 91.4 Å². The van der Waals surface area contributed by atoms with Gasteiger partial charge in [-0.2, -0.15) is 0 Å². The number of oxazole rings is 4. The maximum absolute atomic E-state index is 14.5. The molecule has 6 saturated heterocycles. The summed E-state index contributed by atoms with van der Waals surface area (Å²) in [5.41, 5.74) is 13.2. The summed E-state index contributed by atoms with van der Waals surface area (Å²) < 4.78 is 106. The van der Waals surface area contributed by atoms with Crippen molar-refractivity contribution in [2.24, 2.45) is 11.8 Å². The van der Waals surface area contributed by atoms with Crippen LogP contribution in [0.1, 0.15) is 57.7 Å². The fourth-order valence-electron chi connectivity index (χ4n) is 20.7. The van der Waals surface area contributed by atoms with E-state index in [0.29, 0.717) is 148 Å². The number of methoxy groups -OCH3 is 1. The first kappa shape index (κ1) is 100.0. The van der Waals surface area contributed by atoms with Gasteiger partial charge in [-0.25, -0.2) is 66.8 Å². The van der Waals surface area contributed by atoms with Crippen molar-refractivity contribution >= 4 is 101 Å². The van der Waals surface area contributed by atoms with Crippen molar-refractivity contribution in [3.63, 3.8) is 0 Å². The number of likely N-dealkylation sites (N-methyl/N-ethyl adjacent to an activating group) is 3. The Morgan fingerprint density at radius 3 is 0.927 bits per heavy atom. The average molecular weight is 2040 g/mol. The average Bonchev–Trinajstić information content (AvgIpc) is 1.55. The molecular weight excluding hydrogens is 1920 g/mol. The molecule has 34 nitrogen and oxygen atoms in total. The highest BCUT2D eigenvalue weighted by molar-refractivity contribution is 5.84. The summed E-state index contributed by atoms with van der Waals surface area (Å²) in [4.78, 5) is 127. The maximum atomic E-state index is 14.5. The van der Waals surface area contributed by atoms with Gasteiger partial charge in [0, 0.05) is 247 Å². The summed E-state index contributed by atoms with van der Waals surface area (Å²) in [5.74, 6) is 0.643. The summed E-state index contributed by atoms with van der Waals surface area (Å²) in [7, 11) is 5.65. The third-order valence-corrected chi connectivity index (χ3v) is 29.1. The molecule has 6 aliphatic heterocycles. The smallest absolute Gasteiger partial charge is 0.258 e. The normalized spacial score (nSPS) is 17.1. The van der Waals surface area contributed by atoms with Crippen LogP contribution in [0.2, 0.25) is 0 Å². The van der Waals surface area contributed by atoms with E-state index in [2.05, 4.69) is 136 Å². The molecule has 20 heterocycles. The van der Waals surface area contributed by atoms with Gasteiger partial charge in [-0.15, -0.1) is 0 Å². The molecule has 150 heavy (non-hydrogen) atoms. The van der Waals surface area contributed by atoms with Gasteiger partial charge in [0.2, 0.25) is 0 Å². The molecule has 6 aliphatic rings. The van der Waals surface area contributed by atoms with Crippen molar-refractivity contribution in [2.75, 3.05) is 190 Å². The van der Waals surface area contributed by atoms with E-state index in [-0.39, 0.29) is 55.6 Å². The van der Waals surface area contributed by atoms with E-state index >= 15 is 0 Å². The molecule has 0 radical (unpaired) electrons. The first-order valence-electron chi connectivity index (χ1n) is 50.6. The highest BCUT2D eigenvalue weighted by Crippen LogP contribution is 2.38. The number of hydrogen-bond acceptors (Lipinski definition) is 29. The minimum absolute atomic E-state index is 0.165. The predicted octanol–water partition coefficient (Wildman–Crippen LogP) is 15.3. The Morgan fingerprint density at radius 2 is 0.613 bits per heavy atom. The molecule has 3 atom stereocenters. The Bertz CT molecular complexity index is 8700. The maximum Gasteiger partial charge on any atom is 0.258 e. The summed E-state index contributed by atoms with van der Waals surface area (Å²) in [6, 6.07) is 43.3. The molecule has 0 unspecified atom stereocenters. The summed E-state index contributed by atoms with van der Waals surface area (Å²) in [6.45, 7) is 37.5. The van der Waals surface area contributed by atoms with Gasteiger partial charge in [0.15, 0.2) is 80.7 Å². The van der Waals surface area contributed by atoms with Crippen molar-refractivity contribution in [1.29, 1.82) is 0 Å². The molecule has 0 saturated carbocycles. The van der Waals surface area contributed by atoms with Crippen LogP contribution in [-0.4, -0.2) is 263 Å². The molecule has 39 heteroatoms. The molecule has 6 fully saturated rings. The van der Waals surface area contributed by atoms with Gasteiger partial charge < -0.3 is 66.5 Å². The number of hydrogen-bond donors (Lipinski definition) is 0. The number of piperazine rings is 4. The zero-order valence-electron chi connectivity index (χ0n) is 85.1. The number of fused-ring (bicyclic) bond motifs is 10. The monoisotopic (exact) mass is 2040 g/mol. The third kappa shape index (κ3) is 20.8. The fourth-order valence-corrected chi connectivity index (χ4v) is 20.7. The van der Waals surface area contributed by atoms with Crippen molar-refractivity contribution in [2.45, 2.75) is 67.9 Å². The molecule has 25 rings (SSSR count). The lowest BCUT2D eigenvalue weighted by atomic mass is 10.0. The van der Waals surface area contributed by atoms with Crippen LogP contribution in [-0.2, 0) is 0 Å². The Labute approximate surface area is 856 Å². The quantitative estimate of drug-likeness (QED) is 0.0861. The second kappa shape index (κ2) is 42.0. The van der Waals surface area contributed by atoms with Crippen molar-refractivity contribution < 1.29 is 44.4 Å². The number of likely N-dealkylation sites (tertiary alicyclic amines) is 1. The Hall–Kier alpha value is -16.0. The van der Waals surface area contributed by atoms with E-state index in [1.807, 2.05) is 91.6 Å². The minimum Gasteiger partial charge on any atom is -0.494 e. The number of rotatable bonds is 15. The van der Waals surface area contributed by atoms with E-state index in [0.717, 1.165) is 179 Å². The second-order valence-corrected chi connectivity index (χ2v) is 39.1.